The van der Waals surface area contributed by atoms with Gasteiger partial charge in [0.25, 0.3) is 0 Å². The van der Waals surface area contributed by atoms with E-state index in [2.05, 4.69) is 5.10 Å². The number of carboxylic acid groups (broad SMARTS) is 1. The van der Waals surface area contributed by atoms with Crippen molar-refractivity contribution < 1.29 is 14.6 Å². The molecule has 3 rings (SSSR count). The van der Waals surface area contributed by atoms with E-state index in [0.717, 1.165) is 22.2 Å². The van der Waals surface area contributed by atoms with Crippen LogP contribution in [-0.4, -0.2) is 33.6 Å². The second kappa shape index (κ2) is 6.71. The van der Waals surface area contributed by atoms with Crippen molar-refractivity contribution in [2.45, 2.75) is 32.9 Å². The summed E-state index contributed by atoms with van der Waals surface area (Å²) in [6.07, 6.45) is 0.966. The van der Waals surface area contributed by atoms with Crippen molar-refractivity contribution in [1.29, 1.82) is 0 Å². The molecule has 6 heteroatoms. The number of hydrogen-bond donors (Lipinski definition) is 1. The minimum atomic E-state index is -0.970. The van der Waals surface area contributed by atoms with Gasteiger partial charge in [0, 0.05) is 22.8 Å². The fourth-order valence-electron chi connectivity index (χ4n) is 2.99. The van der Waals surface area contributed by atoms with E-state index in [1.165, 1.54) is 4.90 Å². The van der Waals surface area contributed by atoms with E-state index in [4.69, 9.17) is 4.74 Å². The zero-order valence-electron chi connectivity index (χ0n) is 15.4. The molecule has 0 saturated carbocycles. The van der Waals surface area contributed by atoms with Gasteiger partial charge in [-0.2, -0.15) is 5.10 Å². The summed E-state index contributed by atoms with van der Waals surface area (Å²) in [5.41, 5.74) is 2.06. The lowest BCUT2D eigenvalue weighted by atomic mass is 10.1. The first kappa shape index (κ1) is 17.8. The van der Waals surface area contributed by atoms with E-state index < -0.39 is 11.6 Å². The number of fused-ring (bicyclic) bond motifs is 1. The van der Waals surface area contributed by atoms with Gasteiger partial charge in [-0.1, -0.05) is 12.1 Å². The molecule has 0 aliphatic heterocycles. The van der Waals surface area contributed by atoms with Crippen LogP contribution < -0.4 is 9.64 Å². The molecule has 0 atom stereocenters. The Morgan fingerprint density at radius 3 is 2.46 bits per heavy atom. The predicted molar refractivity (Wildman–Crippen MR) is 102 cm³/mol. The van der Waals surface area contributed by atoms with Crippen LogP contribution in [0.4, 0.5) is 10.5 Å². The van der Waals surface area contributed by atoms with E-state index >= 15 is 0 Å². The molecule has 3 aromatic rings. The number of benzene rings is 2. The fourth-order valence-corrected chi connectivity index (χ4v) is 2.99. The predicted octanol–water partition coefficient (Wildman–Crippen LogP) is 4.38. The molecule has 0 spiro atoms. The average molecular weight is 353 g/mol. The number of nitrogens with zero attached hydrogens (tertiary/aromatic N) is 3. The summed E-state index contributed by atoms with van der Waals surface area (Å²) < 4.78 is 7.03. The topological polar surface area (TPSA) is 67.6 Å². The maximum Gasteiger partial charge on any atom is 0.412 e. The Labute approximate surface area is 152 Å². The first-order valence-electron chi connectivity index (χ1n) is 8.41. The minimum Gasteiger partial charge on any atom is -0.497 e. The summed E-state index contributed by atoms with van der Waals surface area (Å²) in [4.78, 5) is 13.0. The molecule has 0 bridgehead atoms. The zero-order chi connectivity index (χ0) is 18.9. The van der Waals surface area contributed by atoms with Crippen molar-refractivity contribution in [3.63, 3.8) is 0 Å². The summed E-state index contributed by atoms with van der Waals surface area (Å²) >= 11 is 0. The van der Waals surface area contributed by atoms with Crippen molar-refractivity contribution in [2.75, 3.05) is 12.0 Å². The zero-order valence-corrected chi connectivity index (χ0v) is 15.4. The summed E-state index contributed by atoms with van der Waals surface area (Å²) in [6.45, 7) is 6.26. The van der Waals surface area contributed by atoms with Crippen molar-refractivity contribution in [1.82, 2.24) is 9.78 Å². The van der Waals surface area contributed by atoms with Gasteiger partial charge in [-0.3, -0.25) is 9.58 Å². The van der Waals surface area contributed by atoms with Crippen molar-refractivity contribution in [3.05, 3.63) is 54.2 Å². The van der Waals surface area contributed by atoms with E-state index in [-0.39, 0.29) is 0 Å². The Balaban J connectivity index is 1.90. The van der Waals surface area contributed by atoms with Crippen LogP contribution >= 0.6 is 0 Å². The number of ether oxygens (including phenoxy) is 1. The Morgan fingerprint density at radius 2 is 1.88 bits per heavy atom. The van der Waals surface area contributed by atoms with Gasteiger partial charge >= 0.3 is 6.09 Å². The smallest absolute Gasteiger partial charge is 0.412 e. The molecule has 0 unspecified atom stereocenters. The van der Waals surface area contributed by atoms with E-state index in [9.17, 15) is 9.90 Å². The number of carbonyl (C=O) groups is 1. The third-order valence-electron chi connectivity index (χ3n) is 4.16. The quantitative estimate of drug-likeness (QED) is 0.756. The lowest BCUT2D eigenvalue weighted by Gasteiger charge is -2.33. The summed E-state index contributed by atoms with van der Waals surface area (Å²) in [7, 11) is 1.64. The number of rotatable bonds is 4. The van der Waals surface area contributed by atoms with E-state index in [1.54, 1.807) is 13.2 Å². The molecule has 1 aromatic heterocycles. The third-order valence-corrected chi connectivity index (χ3v) is 4.16. The van der Waals surface area contributed by atoms with Crippen LogP contribution in [0, 0.1) is 0 Å². The van der Waals surface area contributed by atoms with E-state index in [0.29, 0.717) is 12.2 Å². The molecule has 0 saturated heterocycles. The number of methoxy groups -OCH3 is 1. The van der Waals surface area contributed by atoms with Gasteiger partial charge in [0.15, 0.2) is 0 Å². The molecular weight excluding hydrogens is 330 g/mol. The second-order valence-corrected chi connectivity index (χ2v) is 7.21. The first-order chi connectivity index (χ1) is 12.3. The molecule has 1 N–H and O–H groups in total. The highest BCUT2D eigenvalue weighted by molar-refractivity contribution is 5.91. The molecule has 0 aliphatic carbocycles. The van der Waals surface area contributed by atoms with Crippen LogP contribution in [0.2, 0.25) is 0 Å². The van der Waals surface area contributed by atoms with Crippen LogP contribution in [0.5, 0.6) is 5.75 Å². The first-order valence-corrected chi connectivity index (χ1v) is 8.41. The van der Waals surface area contributed by atoms with Gasteiger partial charge < -0.3 is 9.84 Å². The Hall–Kier alpha value is -3.02. The number of anilines is 1. The monoisotopic (exact) mass is 353 g/mol. The lowest BCUT2D eigenvalue weighted by Crippen LogP contribution is -2.45. The van der Waals surface area contributed by atoms with Crippen molar-refractivity contribution in [2.24, 2.45) is 0 Å². The highest BCUT2D eigenvalue weighted by Crippen LogP contribution is 2.27. The van der Waals surface area contributed by atoms with Gasteiger partial charge in [0.05, 0.1) is 19.2 Å². The van der Waals surface area contributed by atoms with Crippen LogP contribution in [0.25, 0.3) is 10.9 Å². The largest absolute Gasteiger partial charge is 0.497 e. The standard InChI is InChI=1S/C20H23N3O3/c1-20(2,3)23(19(24)25)16-7-10-18-15(11-16)13-22(21-18)12-14-5-8-17(26-4)9-6-14/h5-11,13H,12H2,1-4H3,(H,24,25). The molecular formula is C20H23N3O3. The number of aromatic nitrogens is 2. The molecule has 2 aromatic carbocycles. The number of amides is 1. The number of hydrogen-bond acceptors (Lipinski definition) is 3. The molecule has 0 radical (unpaired) electrons. The molecule has 0 fully saturated rings. The third kappa shape index (κ3) is 3.64. The van der Waals surface area contributed by atoms with Crippen LogP contribution in [0.1, 0.15) is 26.3 Å². The van der Waals surface area contributed by atoms with Gasteiger partial charge in [-0.25, -0.2) is 4.79 Å². The highest BCUT2D eigenvalue weighted by Gasteiger charge is 2.28. The summed E-state index contributed by atoms with van der Waals surface area (Å²) in [5, 5.41) is 15.1. The highest BCUT2D eigenvalue weighted by atomic mass is 16.5. The Bertz CT molecular complexity index is 924. The lowest BCUT2D eigenvalue weighted by molar-refractivity contribution is 0.195. The van der Waals surface area contributed by atoms with Crippen LogP contribution in [0.3, 0.4) is 0 Å². The van der Waals surface area contributed by atoms with Crippen molar-refractivity contribution in [3.8, 4) is 5.75 Å². The molecule has 6 nitrogen and oxygen atoms in total. The Kier molecular flexibility index (Phi) is 4.59. The normalized spacial score (nSPS) is 11.5. The van der Waals surface area contributed by atoms with Crippen molar-refractivity contribution >= 4 is 22.7 Å². The second-order valence-electron chi connectivity index (χ2n) is 7.21. The van der Waals surface area contributed by atoms with Crippen LogP contribution in [-0.2, 0) is 6.54 Å². The van der Waals surface area contributed by atoms with Gasteiger partial charge in [-0.05, 0) is 56.7 Å². The SMILES string of the molecule is COc1ccc(Cn2cc3cc(N(C(=O)O)C(C)(C)C)ccc3n2)cc1. The maximum absolute atomic E-state index is 11.7. The maximum atomic E-state index is 11.7. The fraction of sp³-hybridized carbons (Fsp3) is 0.300. The molecule has 1 heterocycles. The van der Waals surface area contributed by atoms with Crippen LogP contribution in [0.15, 0.2) is 48.7 Å². The Morgan fingerprint density at radius 1 is 1.19 bits per heavy atom. The molecule has 136 valence electrons. The van der Waals surface area contributed by atoms with Gasteiger partial charge in [0.2, 0.25) is 0 Å². The summed E-state index contributed by atoms with van der Waals surface area (Å²) in [6, 6.07) is 13.4. The minimum absolute atomic E-state index is 0.529. The average Bonchev–Trinajstić information content (AvgIpc) is 2.95. The molecule has 26 heavy (non-hydrogen) atoms. The molecule has 0 aliphatic rings. The van der Waals surface area contributed by atoms with E-state index in [1.807, 2.05) is 68.0 Å². The summed E-state index contributed by atoms with van der Waals surface area (Å²) in [5.74, 6) is 0.819. The molecule has 1 amide bonds. The van der Waals surface area contributed by atoms with Gasteiger partial charge in [-0.15, -0.1) is 0 Å². The van der Waals surface area contributed by atoms with Gasteiger partial charge in [0.1, 0.15) is 5.75 Å².